The van der Waals surface area contributed by atoms with Crippen LogP contribution in [0.5, 0.6) is 0 Å². The number of ether oxygens (including phenoxy) is 3. The van der Waals surface area contributed by atoms with E-state index in [1.165, 1.54) is 141 Å². The maximum atomic E-state index is 12.8. The lowest BCUT2D eigenvalue weighted by Crippen LogP contribution is -2.30. The molecule has 0 fully saturated rings. The first kappa shape index (κ1) is 72.1. The van der Waals surface area contributed by atoms with E-state index in [1.807, 2.05) is 0 Å². The van der Waals surface area contributed by atoms with Crippen molar-refractivity contribution in [3.63, 3.8) is 0 Å². The Bertz CT molecular complexity index is 1540. The van der Waals surface area contributed by atoms with Gasteiger partial charge in [0.05, 0.1) is 0 Å². The lowest BCUT2D eigenvalue weighted by atomic mass is 10.1. The lowest BCUT2D eigenvalue weighted by Gasteiger charge is -2.18. The highest BCUT2D eigenvalue weighted by Gasteiger charge is 2.19. The van der Waals surface area contributed by atoms with Crippen molar-refractivity contribution in [2.75, 3.05) is 13.2 Å². The standard InChI is InChI=1S/C70H118O6/c1-4-7-10-13-16-18-20-22-24-26-28-30-32-33-34-35-36-37-39-40-42-44-46-48-50-52-54-57-60-63-69(72)75-66-67(65-74-68(71)62-59-56-15-12-9-6-3)76-70(73)64-61-58-55-53-51-49-47-45-43-41-38-31-29-27-25-23-21-19-17-14-11-8-5-2/h7,10,16,18,21-24,27-30,33-34,36-38,41,67H,4-6,8-9,11-15,17,19-20,25-26,31-32,35,39-40,42-66H2,1-3H3/b10-7-,18-16-,23-21-,24-22-,29-27-,30-28-,34-33-,37-36-,41-38-. The normalized spacial score (nSPS) is 12.8. The van der Waals surface area contributed by atoms with Crippen LogP contribution in [0.1, 0.15) is 297 Å². The van der Waals surface area contributed by atoms with Gasteiger partial charge in [-0.05, 0) is 109 Å². The quantitative estimate of drug-likeness (QED) is 0.0261. The first-order valence-corrected chi connectivity index (χ1v) is 31.9. The van der Waals surface area contributed by atoms with E-state index in [2.05, 4.69) is 130 Å². The second-order valence-corrected chi connectivity index (χ2v) is 20.9. The molecule has 0 spiro atoms. The summed E-state index contributed by atoms with van der Waals surface area (Å²) in [6.45, 7) is 6.46. The number of unbranched alkanes of at least 4 members (excludes halogenated alkanes) is 28. The Balaban J connectivity index is 4.13. The minimum Gasteiger partial charge on any atom is -0.462 e. The van der Waals surface area contributed by atoms with Gasteiger partial charge in [-0.25, -0.2) is 0 Å². The fourth-order valence-corrected chi connectivity index (χ4v) is 8.75. The molecule has 0 heterocycles. The second-order valence-electron chi connectivity index (χ2n) is 20.9. The van der Waals surface area contributed by atoms with Gasteiger partial charge in [0.2, 0.25) is 0 Å². The van der Waals surface area contributed by atoms with E-state index >= 15 is 0 Å². The second kappa shape index (κ2) is 63.6. The Morgan fingerprint density at radius 2 is 0.513 bits per heavy atom. The molecule has 1 atom stereocenters. The van der Waals surface area contributed by atoms with Gasteiger partial charge in [-0.3, -0.25) is 14.4 Å². The topological polar surface area (TPSA) is 78.9 Å². The average molecular weight is 1060 g/mol. The van der Waals surface area contributed by atoms with Crippen LogP contribution in [0.25, 0.3) is 0 Å². The maximum absolute atomic E-state index is 12.8. The number of hydrogen-bond donors (Lipinski definition) is 0. The molecule has 434 valence electrons. The van der Waals surface area contributed by atoms with Crippen LogP contribution < -0.4 is 0 Å². The monoisotopic (exact) mass is 1050 g/mol. The van der Waals surface area contributed by atoms with Crippen molar-refractivity contribution in [1.82, 2.24) is 0 Å². The van der Waals surface area contributed by atoms with Crippen molar-refractivity contribution in [3.05, 3.63) is 109 Å². The first-order valence-electron chi connectivity index (χ1n) is 31.9. The maximum Gasteiger partial charge on any atom is 0.306 e. The zero-order chi connectivity index (χ0) is 55.0. The summed E-state index contributed by atoms with van der Waals surface area (Å²) in [4.78, 5) is 38.0. The van der Waals surface area contributed by atoms with Crippen LogP contribution in [0.2, 0.25) is 0 Å². The van der Waals surface area contributed by atoms with Crippen LogP contribution >= 0.6 is 0 Å². The average Bonchev–Trinajstić information content (AvgIpc) is 3.42. The van der Waals surface area contributed by atoms with Gasteiger partial charge in [0.1, 0.15) is 13.2 Å². The number of carbonyl (C=O) groups excluding carboxylic acids is 3. The zero-order valence-corrected chi connectivity index (χ0v) is 49.7. The van der Waals surface area contributed by atoms with E-state index in [9.17, 15) is 14.4 Å². The van der Waals surface area contributed by atoms with Crippen molar-refractivity contribution in [1.29, 1.82) is 0 Å². The van der Waals surface area contributed by atoms with Crippen LogP contribution in [0.15, 0.2) is 109 Å². The zero-order valence-electron chi connectivity index (χ0n) is 49.7. The third-order valence-electron chi connectivity index (χ3n) is 13.5. The molecule has 0 saturated heterocycles. The van der Waals surface area contributed by atoms with Gasteiger partial charge in [0.15, 0.2) is 6.10 Å². The van der Waals surface area contributed by atoms with Gasteiger partial charge in [0.25, 0.3) is 0 Å². The molecule has 0 aromatic rings. The fourth-order valence-electron chi connectivity index (χ4n) is 8.75. The molecule has 0 N–H and O–H groups in total. The minimum absolute atomic E-state index is 0.0821. The van der Waals surface area contributed by atoms with E-state index < -0.39 is 6.10 Å². The summed E-state index contributed by atoms with van der Waals surface area (Å²) in [5.41, 5.74) is 0. The number of esters is 3. The predicted molar refractivity (Wildman–Crippen MR) is 330 cm³/mol. The van der Waals surface area contributed by atoms with E-state index in [0.717, 1.165) is 116 Å². The molecular formula is C70H118O6. The van der Waals surface area contributed by atoms with E-state index in [1.54, 1.807) is 0 Å². The van der Waals surface area contributed by atoms with Crippen molar-refractivity contribution < 1.29 is 28.6 Å². The van der Waals surface area contributed by atoms with Gasteiger partial charge in [-0.15, -0.1) is 0 Å². The largest absolute Gasteiger partial charge is 0.462 e. The van der Waals surface area contributed by atoms with Gasteiger partial charge in [-0.2, -0.15) is 0 Å². The van der Waals surface area contributed by atoms with E-state index in [4.69, 9.17) is 14.2 Å². The third kappa shape index (κ3) is 60.9. The lowest BCUT2D eigenvalue weighted by molar-refractivity contribution is -0.167. The summed E-state index contributed by atoms with van der Waals surface area (Å²) in [6.07, 6.45) is 87.0. The van der Waals surface area contributed by atoms with Crippen LogP contribution in [-0.2, 0) is 28.6 Å². The Morgan fingerprint density at radius 3 is 0.803 bits per heavy atom. The van der Waals surface area contributed by atoms with Gasteiger partial charge >= 0.3 is 17.9 Å². The molecule has 0 rings (SSSR count). The molecule has 0 aliphatic heterocycles. The predicted octanol–water partition coefficient (Wildman–Crippen LogP) is 21.8. The highest BCUT2D eigenvalue weighted by Crippen LogP contribution is 2.15. The smallest absolute Gasteiger partial charge is 0.306 e. The summed E-state index contributed by atoms with van der Waals surface area (Å²) in [5, 5.41) is 0. The summed E-state index contributed by atoms with van der Waals surface area (Å²) < 4.78 is 16.8. The van der Waals surface area contributed by atoms with Crippen molar-refractivity contribution in [2.45, 2.75) is 303 Å². The molecule has 1 unspecified atom stereocenters. The van der Waals surface area contributed by atoms with Crippen LogP contribution in [0, 0.1) is 0 Å². The van der Waals surface area contributed by atoms with Crippen molar-refractivity contribution in [3.8, 4) is 0 Å². The Hall–Kier alpha value is -3.93. The summed E-state index contributed by atoms with van der Waals surface area (Å²) >= 11 is 0. The number of carbonyl (C=O) groups is 3. The van der Waals surface area contributed by atoms with Gasteiger partial charge in [0, 0.05) is 19.3 Å². The van der Waals surface area contributed by atoms with Crippen LogP contribution in [0.4, 0.5) is 0 Å². The van der Waals surface area contributed by atoms with Gasteiger partial charge in [-0.1, -0.05) is 278 Å². The Kier molecular flexibility index (Phi) is 60.3. The number of rotatable bonds is 57. The molecule has 0 aromatic heterocycles. The Labute approximate surface area is 470 Å². The van der Waals surface area contributed by atoms with Crippen LogP contribution in [0.3, 0.4) is 0 Å². The molecule has 6 nitrogen and oxygen atoms in total. The number of hydrogen-bond acceptors (Lipinski definition) is 6. The van der Waals surface area contributed by atoms with Gasteiger partial charge < -0.3 is 14.2 Å². The van der Waals surface area contributed by atoms with Crippen molar-refractivity contribution in [2.24, 2.45) is 0 Å². The van der Waals surface area contributed by atoms with E-state index in [0.29, 0.717) is 19.3 Å². The minimum atomic E-state index is -0.783. The molecule has 0 amide bonds. The Morgan fingerprint density at radius 1 is 0.276 bits per heavy atom. The molecule has 6 heteroatoms. The third-order valence-corrected chi connectivity index (χ3v) is 13.5. The summed E-state index contributed by atoms with van der Waals surface area (Å²) in [5.74, 6) is -0.899. The number of allylic oxidation sites excluding steroid dienone is 18. The van der Waals surface area contributed by atoms with E-state index in [-0.39, 0.29) is 31.1 Å². The highest BCUT2D eigenvalue weighted by atomic mass is 16.6. The van der Waals surface area contributed by atoms with Crippen molar-refractivity contribution >= 4 is 17.9 Å². The van der Waals surface area contributed by atoms with Crippen LogP contribution in [-0.4, -0.2) is 37.2 Å². The molecular weight excluding hydrogens is 937 g/mol. The molecule has 0 aliphatic carbocycles. The molecule has 0 bridgehead atoms. The highest BCUT2D eigenvalue weighted by molar-refractivity contribution is 5.71. The molecule has 0 saturated carbocycles. The summed E-state index contributed by atoms with van der Waals surface area (Å²) in [6, 6.07) is 0. The molecule has 0 aliphatic rings. The SMILES string of the molecule is CC/C=C\C/C=C\C/C=C\C/C=C\C/C=C\C/C=C\CCCCCCCCCCCCC(=O)OCC(COC(=O)CCCCCCCC)OC(=O)CCCCCCCCCC/C=C\C/C=C\C/C=C\CCCCCCC. The molecule has 76 heavy (non-hydrogen) atoms. The first-order chi connectivity index (χ1) is 37.5. The molecule has 0 radical (unpaired) electrons. The fraction of sp³-hybridized carbons (Fsp3) is 0.700. The molecule has 0 aromatic carbocycles. The summed E-state index contributed by atoms with van der Waals surface area (Å²) in [7, 11) is 0.